The summed E-state index contributed by atoms with van der Waals surface area (Å²) in [5.41, 5.74) is -0.326. The summed E-state index contributed by atoms with van der Waals surface area (Å²) in [5, 5.41) is -0.205. The third-order valence-corrected chi connectivity index (χ3v) is 5.43. The van der Waals surface area contributed by atoms with Crippen LogP contribution < -0.4 is 4.90 Å². The van der Waals surface area contributed by atoms with Crippen LogP contribution in [0.2, 0.25) is 0 Å². The SMILES string of the molecule is CC(C)(C)OC(=O)N1CCN(c2cccnc2S(C)(=O)=NC(=O)C(F)(F)F)CC1. The second-order valence-electron chi connectivity index (χ2n) is 7.48. The number of hydrogen-bond donors (Lipinski definition) is 0. The van der Waals surface area contributed by atoms with Gasteiger partial charge in [-0.3, -0.25) is 4.79 Å². The van der Waals surface area contributed by atoms with E-state index in [2.05, 4.69) is 9.35 Å². The minimum atomic E-state index is -5.22. The third kappa shape index (κ3) is 6.05. The molecule has 1 aliphatic heterocycles. The summed E-state index contributed by atoms with van der Waals surface area (Å²) < 4.78 is 58.6. The monoisotopic (exact) mass is 436 g/mol. The number of pyridine rings is 1. The van der Waals surface area contributed by atoms with Crippen molar-refractivity contribution >= 4 is 27.4 Å². The van der Waals surface area contributed by atoms with E-state index in [1.165, 1.54) is 11.1 Å². The highest BCUT2D eigenvalue weighted by atomic mass is 32.2. The van der Waals surface area contributed by atoms with E-state index in [-0.39, 0.29) is 5.03 Å². The van der Waals surface area contributed by atoms with Crippen molar-refractivity contribution < 1.29 is 31.7 Å². The van der Waals surface area contributed by atoms with Gasteiger partial charge in [-0.2, -0.15) is 13.2 Å². The summed E-state index contributed by atoms with van der Waals surface area (Å²) in [7, 11) is -3.73. The fraction of sp³-hybridized carbons (Fsp3) is 0.588. The van der Waals surface area contributed by atoms with Crippen molar-refractivity contribution in [1.82, 2.24) is 9.88 Å². The van der Waals surface area contributed by atoms with Gasteiger partial charge in [0.1, 0.15) is 5.60 Å². The number of carbonyl (C=O) groups excluding carboxylic acids is 2. The lowest BCUT2D eigenvalue weighted by atomic mass is 10.2. The molecule has 2 amide bonds. The highest BCUT2D eigenvalue weighted by molar-refractivity contribution is 7.93. The maximum absolute atomic E-state index is 12.8. The molecule has 0 N–H and O–H groups in total. The number of amides is 2. The topological polar surface area (TPSA) is 92.2 Å². The molecule has 2 rings (SSSR count). The average Bonchev–Trinajstić information content (AvgIpc) is 2.59. The Kier molecular flexibility index (Phi) is 6.45. The van der Waals surface area contributed by atoms with Gasteiger partial charge in [0.2, 0.25) is 0 Å². The van der Waals surface area contributed by atoms with Crippen LogP contribution in [0.5, 0.6) is 0 Å². The van der Waals surface area contributed by atoms with Crippen molar-refractivity contribution in [3.8, 4) is 0 Å². The quantitative estimate of drug-likeness (QED) is 0.708. The van der Waals surface area contributed by atoms with Crippen LogP contribution in [0.3, 0.4) is 0 Å². The Morgan fingerprint density at radius 1 is 1.17 bits per heavy atom. The van der Waals surface area contributed by atoms with E-state index in [0.717, 1.165) is 6.26 Å². The van der Waals surface area contributed by atoms with Gasteiger partial charge in [-0.15, -0.1) is 4.36 Å². The van der Waals surface area contributed by atoms with E-state index in [4.69, 9.17) is 4.74 Å². The standard InChI is InChI=1S/C17H23F3N4O4S/c1-16(2,3)28-15(26)24-10-8-23(9-11-24)12-6-5-7-21-13(12)29(4,27)22-14(25)17(18,19)20/h5-7H,8-11H2,1-4H3. The molecule has 0 spiro atoms. The fourth-order valence-electron chi connectivity index (χ4n) is 2.62. The van der Waals surface area contributed by atoms with Crippen molar-refractivity contribution in [2.24, 2.45) is 4.36 Å². The summed E-state index contributed by atoms with van der Waals surface area (Å²) in [6, 6.07) is 3.09. The van der Waals surface area contributed by atoms with Crippen LogP contribution in [-0.2, 0) is 19.3 Å². The molecular weight excluding hydrogens is 413 g/mol. The van der Waals surface area contributed by atoms with E-state index >= 15 is 0 Å². The number of alkyl halides is 3. The molecular formula is C17H23F3N4O4S. The smallest absolute Gasteiger partial charge is 0.444 e. The zero-order valence-corrected chi connectivity index (χ0v) is 17.3. The minimum absolute atomic E-state index is 0.205. The molecule has 1 saturated heterocycles. The summed E-state index contributed by atoms with van der Waals surface area (Å²) in [6.45, 7) is 6.51. The number of nitrogens with zero attached hydrogens (tertiary/aromatic N) is 4. The highest BCUT2D eigenvalue weighted by Crippen LogP contribution is 2.27. The van der Waals surface area contributed by atoms with Gasteiger partial charge >= 0.3 is 18.2 Å². The van der Waals surface area contributed by atoms with E-state index in [9.17, 15) is 27.0 Å². The number of carbonyl (C=O) groups is 2. The molecule has 1 aromatic heterocycles. The summed E-state index contributed by atoms with van der Waals surface area (Å²) in [4.78, 5) is 30.5. The molecule has 0 radical (unpaired) electrons. The van der Waals surface area contributed by atoms with Crippen LogP contribution in [0.4, 0.5) is 23.7 Å². The molecule has 29 heavy (non-hydrogen) atoms. The first-order valence-corrected chi connectivity index (χ1v) is 10.6. The number of piperazine rings is 1. The first-order chi connectivity index (χ1) is 13.2. The number of ether oxygens (including phenoxy) is 1. The Labute approximate surface area is 167 Å². The summed E-state index contributed by atoms with van der Waals surface area (Å²) >= 11 is 0. The van der Waals surface area contributed by atoms with Gasteiger partial charge in [0.05, 0.1) is 15.4 Å². The molecule has 1 aliphatic rings. The largest absolute Gasteiger partial charge is 0.474 e. The highest BCUT2D eigenvalue weighted by Gasteiger charge is 2.40. The van der Waals surface area contributed by atoms with Gasteiger partial charge in [0.25, 0.3) is 0 Å². The molecule has 2 heterocycles. The molecule has 0 bridgehead atoms. The summed E-state index contributed by atoms with van der Waals surface area (Å²) in [5.74, 6) is -2.42. The molecule has 0 aromatic carbocycles. The molecule has 0 saturated carbocycles. The molecule has 1 aromatic rings. The Balaban J connectivity index is 2.23. The fourth-order valence-corrected chi connectivity index (χ4v) is 3.97. The van der Waals surface area contributed by atoms with Crippen LogP contribution in [0.1, 0.15) is 20.8 Å². The number of rotatable bonds is 2. The molecule has 1 unspecified atom stereocenters. The second-order valence-corrected chi connectivity index (χ2v) is 9.65. The second kappa shape index (κ2) is 8.17. The van der Waals surface area contributed by atoms with E-state index < -0.39 is 33.5 Å². The number of aromatic nitrogens is 1. The van der Waals surface area contributed by atoms with Gasteiger partial charge in [-0.25, -0.2) is 14.0 Å². The van der Waals surface area contributed by atoms with Crippen LogP contribution >= 0.6 is 0 Å². The van der Waals surface area contributed by atoms with Crippen molar-refractivity contribution in [3.63, 3.8) is 0 Å². The lowest BCUT2D eigenvalue weighted by Crippen LogP contribution is -2.50. The minimum Gasteiger partial charge on any atom is -0.444 e. The first-order valence-electron chi connectivity index (χ1n) is 8.72. The van der Waals surface area contributed by atoms with Crippen LogP contribution in [-0.4, -0.2) is 70.3 Å². The van der Waals surface area contributed by atoms with Crippen molar-refractivity contribution in [1.29, 1.82) is 0 Å². The predicted octanol–water partition coefficient (Wildman–Crippen LogP) is 2.68. The Morgan fingerprint density at radius 2 is 1.76 bits per heavy atom. The number of halogens is 3. The third-order valence-electron chi connectivity index (χ3n) is 3.88. The Morgan fingerprint density at radius 3 is 2.28 bits per heavy atom. The van der Waals surface area contributed by atoms with Gasteiger partial charge in [-0.1, -0.05) is 0 Å². The van der Waals surface area contributed by atoms with E-state index in [1.807, 2.05) is 0 Å². The van der Waals surface area contributed by atoms with Gasteiger partial charge in [0.15, 0.2) is 5.03 Å². The van der Waals surface area contributed by atoms with Crippen molar-refractivity contribution in [2.45, 2.75) is 37.6 Å². The van der Waals surface area contributed by atoms with Gasteiger partial charge < -0.3 is 14.5 Å². The zero-order chi connectivity index (χ0) is 22.0. The van der Waals surface area contributed by atoms with Gasteiger partial charge in [0, 0.05) is 38.6 Å². The van der Waals surface area contributed by atoms with Crippen LogP contribution in [0.15, 0.2) is 27.7 Å². The maximum Gasteiger partial charge on any atom is 0.474 e. The molecule has 12 heteroatoms. The molecule has 162 valence electrons. The number of hydrogen-bond acceptors (Lipinski definition) is 6. The average molecular weight is 436 g/mol. The normalized spacial score (nSPS) is 17.5. The van der Waals surface area contributed by atoms with Crippen LogP contribution in [0, 0.1) is 0 Å². The molecule has 0 aliphatic carbocycles. The molecule has 1 fully saturated rings. The lowest BCUT2D eigenvalue weighted by Gasteiger charge is -2.37. The Hall–Kier alpha value is -2.37. The lowest BCUT2D eigenvalue weighted by molar-refractivity contribution is -0.169. The maximum atomic E-state index is 12.8. The Bertz CT molecular complexity index is 897. The van der Waals surface area contributed by atoms with Crippen LogP contribution in [0.25, 0.3) is 0 Å². The first kappa shape index (κ1) is 22.9. The predicted molar refractivity (Wildman–Crippen MR) is 100 cm³/mol. The zero-order valence-electron chi connectivity index (χ0n) is 16.5. The van der Waals surface area contributed by atoms with E-state index in [0.29, 0.717) is 31.9 Å². The molecule has 8 nitrogen and oxygen atoms in total. The summed E-state index contributed by atoms with van der Waals surface area (Å²) in [6.07, 6.45) is -3.47. The van der Waals surface area contributed by atoms with Crippen molar-refractivity contribution in [2.75, 3.05) is 37.3 Å². The number of anilines is 1. The van der Waals surface area contributed by atoms with Crippen molar-refractivity contribution in [3.05, 3.63) is 18.3 Å². The van der Waals surface area contributed by atoms with Gasteiger partial charge in [-0.05, 0) is 32.9 Å². The molecule has 1 atom stereocenters. The van der Waals surface area contributed by atoms with E-state index in [1.54, 1.807) is 37.8 Å².